The lowest BCUT2D eigenvalue weighted by atomic mass is 10.3. The van der Waals surface area contributed by atoms with E-state index in [9.17, 15) is 4.79 Å². The van der Waals surface area contributed by atoms with Gasteiger partial charge in [-0.3, -0.25) is 0 Å². The van der Waals surface area contributed by atoms with Crippen molar-refractivity contribution in [2.45, 2.75) is 4.90 Å². The number of thioether (sulfide) groups is 1. The largest absolute Gasteiger partial charge is 0.464 e. The van der Waals surface area contributed by atoms with Gasteiger partial charge in [-0.05, 0) is 18.4 Å². The van der Waals surface area contributed by atoms with Crippen LogP contribution >= 0.6 is 11.8 Å². The average molecular weight is 183 g/mol. The lowest BCUT2D eigenvalue weighted by Crippen LogP contribution is -2.03. The van der Waals surface area contributed by atoms with E-state index in [2.05, 4.69) is 9.72 Å². The van der Waals surface area contributed by atoms with Gasteiger partial charge in [-0.25, -0.2) is 9.78 Å². The van der Waals surface area contributed by atoms with Gasteiger partial charge in [0.2, 0.25) is 0 Å². The molecule has 0 aliphatic heterocycles. The molecule has 0 spiro atoms. The second-order valence-corrected chi connectivity index (χ2v) is 2.95. The fraction of sp³-hybridized carbons (Fsp3) is 0.250. The molecule has 0 aliphatic rings. The number of hydrogen-bond acceptors (Lipinski definition) is 4. The van der Waals surface area contributed by atoms with Gasteiger partial charge < -0.3 is 4.74 Å². The van der Waals surface area contributed by atoms with Crippen LogP contribution in [0.15, 0.2) is 23.2 Å². The summed E-state index contributed by atoms with van der Waals surface area (Å²) < 4.78 is 4.53. The summed E-state index contributed by atoms with van der Waals surface area (Å²) in [4.78, 5) is 15.9. The maximum absolute atomic E-state index is 11.0. The highest BCUT2D eigenvalue weighted by molar-refractivity contribution is 7.98. The predicted octanol–water partition coefficient (Wildman–Crippen LogP) is 1.59. The molecule has 0 N–H and O–H groups in total. The van der Waals surface area contributed by atoms with Gasteiger partial charge in [0.15, 0.2) is 0 Å². The molecule has 0 amide bonds. The molecule has 12 heavy (non-hydrogen) atoms. The summed E-state index contributed by atoms with van der Waals surface area (Å²) in [5.41, 5.74) is 0.351. The van der Waals surface area contributed by atoms with Gasteiger partial charge in [-0.15, -0.1) is 11.8 Å². The number of aromatic nitrogens is 1. The number of hydrogen-bond donors (Lipinski definition) is 0. The van der Waals surface area contributed by atoms with Crippen molar-refractivity contribution in [3.8, 4) is 0 Å². The highest BCUT2D eigenvalue weighted by atomic mass is 32.2. The van der Waals surface area contributed by atoms with Crippen LogP contribution in [0.2, 0.25) is 0 Å². The summed E-state index contributed by atoms with van der Waals surface area (Å²) >= 11 is 1.56. The first-order chi connectivity index (χ1) is 5.77. The van der Waals surface area contributed by atoms with Crippen LogP contribution in [0.4, 0.5) is 0 Å². The Kier molecular flexibility index (Phi) is 3.10. The lowest BCUT2D eigenvalue weighted by molar-refractivity contribution is 0.0593. The van der Waals surface area contributed by atoms with Crippen LogP contribution in [0.5, 0.6) is 0 Å². The normalized spacial score (nSPS) is 9.50. The zero-order valence-corrected chi connectivity index (χ0v) is 7.72. The quantitative estimate of drug-likeness (QED) is 0.515. The molecule has 3 nitrogen and oxygen atoms in total. The zero-order valence-electron chi connectivity index (χ0n) is 6.90. The Morgan fingerprint density at radius 3 is 3.00 bits per heavy atom. The van der Waals surface area contributed by atoms with Crippen LogP contribution in [0, 0.1) is 0 Å². The smallest absolute Gasteiger partial charge is 0.356 e. The molecular formula is C8H9NO2S. The van der Waals surface area contributed by atoms with Crippen molar-refractivity contribution < 1.29 is 9.53 Å². The van der Waals surface area contributed by atoms with Gasteiger partial charge in [0.1, 0.15) is 5.69 Å². The standard InChI is InChI=1S/C8H9NO2S/c1-11-8(10)7-5-6(12-2)3-4-9-7/h3-5H,1-2H3. The average Bonchev–Trinajstić information content (AvgIpc) is 2.17. The predicted molar refractivity (Wildman–Crippen MR) is 47.4 cm³/mol. The molecule has 0 radical (unpaired) electrons. The maximum Gasteiger partial charge on any atom is 0.356 e. The summed E-state index contributed by atoms with van der Waals surface area (Å²) in [5.74, 6) is -0.397. The van der Waals surface area contributed by atoms with Gasteiger partial charge in [-0.1, -0.05) is 0 Å². The van der Waals surface area contributed by atoms with E-state index in [1.807, 2.05) is 12.3 Å². The van der Waals surface area contributed by atoms with Gasteiger partial charge in [0, 0.05) is 11.1 Å². The Morgan fingerprint density at radius 2 is 2.42 bits per heavy atom. The van der Waals surface area contributed by atoms with E-state index in [1.54, 1.807) is 24.0 Å². The van der Waals surface area contributed by atoms with Crippen molar-refractivity contribution in [3.05, 3.63) is 24.0 Å². The number of nitrogens with zero attached hydrogens (tertiary/aromatic N) is 1. The molecule has 0 fully saturated rings. The third-order valence-electron chi connectivity index (χ3n) is 1.36. The van der Waals surface area contributed by atoms with Crippen LogP contribution in [0.25, 0.3) is 0 Å². The van der Waals surface area contributed by atoms with Crippen LogP contribution in [0.1, 0.15) is 10.5 Å². The molecular weight excluding hydrogens is 174 g/mol. The third-order valence-corrected chi connectivity index (χ3v) is 2.09. The van der Waals surface area contributed by atoms with Gasteiger partial charge in [0.05, 0.1) is 7.11 Å². The molecule has 1 heterocycles. The lowest BCUT2D eigenvalue weighted by Gasteiger charge is -1.99. The van der Waals surface area contributed by atoms with E-state index in [0.29, 0.717) is 5.69 Å². The molecule has 4 heteroatoms. The molecule has 0 unspecified atom stereocenters. The topological polar surface area (TPSA) is 39.2 Å². The fourth-order valence-corrected chi connectivity index (χ4v) is 1.18. The molecule has 0 saturated heterocycles. The minimum atomic E-state index is -0.397. The fourth-order valence-electron chi connectivity index (χ4n) is 0.754. The van der Waals surface area contributed by atoms with E-state index in [0.717, 1.165) is 4.90 Å². The second-order valence-electron chi connectivity index (χ2n) is 2.07. The number of esters is 1. The first-order valence-electron chi connectivity index (χ1n) is 3.36. The van der Waals surface area contributed by atoms with Crippen molar-refractivity contribution in [2.75, 3.05) is 13.4 Å². The summed E-state index contributed by atoms with van der Waals surface area (Å²) in [6, 6.07) is 3.55. The Hall–Kier alpha value is -1.03. The molecule has 0 aromatic carbocycles. The molecule has 0 atom stereocenters. The number of pyridine rings is 1. The molecule has 1 aromatic rings. The van der Waals surface area contributed by atoms with Gasteiger partial charge in [-0.2, -0.15) is 0 Å². The first-order valence-corrected chi connectivity index (χ1v) is 4.58. The van der Waals surface area contributed by atoms with E-state index in [1.165, 1.54) is 7.11 Å². The molecule has 1 rings (SSSR count). The maximum atomic E-state index is 11.0. The number of rotatable bonds is 2. The van der Waals surface area contributed by atoms with Crippen molar-refractivity contribution >= 4 is 17.7 Å². The highest BCUT2D eigenvalue weighted by Gasteiger charge is 2.06. The van der Waals surface area contributed by atoms with Gasteiger partial charge in [0.25, 0.3) is 0 Å². The first kappa shape index (κ1) is 9.06. The number of carbonyl (C=O) groups is 1. The number of methoxy groups -OCH3 is 1. The SMILES string of the molecule is COC(=O)c1cc(SC)ccn1. The minimum Gasteiger partial charge on any atom is -0.464 e. The van der Waals surface area contributed by atoms with E-state index >= 15 is 0 Å². The Bertz CT molecular complexity index is 288. The Labute approximate surface area is 75.1 Å². The molecule has 1 aromatic heterocycles. The van der Waals surface area contributed by atoms with E-state index < -0.39 is 5.97 Å². The Morgan fingerprint density at radius 1 is 1.67 bits per heavy atom. The summed E-state index contributed by atoms with van der Waals surface area (Å²) in [6.45, 7) is 0. The molecule has 64 valence electrons. The molecule has 0 aliphatic carbocycles. The van der Waals surface area contributed by atoms with Crippen molar-refractivity contribution in [2.24, 2.45) is 0 Å². The Balaban J connectivity index is 2.93. The van der Waals surface area contributed by atoms with Crippen LogP contribution in [-0.4, -0.2) is 24.3 Å². The monoisotopic (exact) mass is 183 g/mol. The number of carbonyl (C=O) groups excluding carboxylic acids is 1. The van der Waals surface area contributed by atoms with Crippen LogP contribution < -0.4 is 0 Å². The van der Waals surface area contributed by atoms with E-state index in [4.69, 9.17) is 0 Å². The van der Waals surface area contributed by atoms with Crippen molar-refractivity contribution in [1.82, 2.24) is 4.98 Å². The third kappa shape index (κ3) is 1.98. The van der Waals surface area contributed by atoms with Crippen LogP contribution in [0.3, 0.4) is 0 Å². The summed E-state index contributed by atoms with van der Waals surface area (Å²) in [7, 11) is 1.34. The molecule has 0 bridgehead atoms. The van der Waals surface area contributed by atoms with Crippen molar-refractivity contribution in [3.63, 3.8) is 0 Å². The minimum absolute atomic E-state index is 0.351. The molecule has 0 saturated carbocycles. The summed E-state index contributed by atoms with van der Waals surface area (Å²) in [5, 5.41) is 0. The highest BCUT2D eigenvalue weighted by Crippen LogP contribution is 2.14. The van der Waals surface area contributed by atoms with E-state index in [-0.39, 0.29) is 0 Å². The zero-order chi connectivity index (χ0) is 8.97. The number of ether oxygens (including phenoxy) is 1. The van der Waals surface area contributed by atoms with Crippen LogP contribution in [-0.2, 0) is 4.74 Å². The van der Waals surface area contributed by atoms with Crippen molar-refractivity contribution in [1.29, 1.82) is 0 Å². The van der Waals surface area contributed by atoms with Gasteiger partial charge >= 0.3 is 5.97 Å². The second kappa shape index (κ2) is 4.11. The summed E-state index contributed by atoms with van der Waals surface area (Å²) in [6.07, 6.45) is 3.54.